The van der Waals surface area contributed by atoms with Crippen LogP contribution in [0.25, 0.3) is 0 Å². The molecule has 2 saturated heterocycles. The maximum atomic E-state index is 12.7. The van der Waals surface area contributed by atoms with Crippen molar-refractivity contribution in [2.75, 3.05) is 57.8 Å². The summed E-state index contributed by atoms with van der Waals surface area (Å²) in [6.45, 7) is 5.25. The zero-order chi connectivity index (χ0) is 18.9. The van der Waals surface area contributed by atoms with Crippen molar-refractivity contribution in [3.8, 4) is 0 Å². The second kappa shape index (κ2) is 7.69. The average molecular weight is 375 g/mol. The van der Waals surface area contributed by atoms with Crippen LogP contribution in [0.1, 0.15) is 19.3 Å². The van der Waals surface area contributed by atoms with Gasteiger partial charge in [0.25, 0.3) is 0 Å². The molecule has 3 fully saturated rings. The number of anilines is 1. The number of amides is 1. The number of ether oxygens (including phenoxy) is 1. The third kappa shape index (κ3) is 3.53. The highest BCUT2D eigenvalue weighted by atomic mass is 16.5. The quantitative estimate of drug-likeness (QED) is 0.792. The Hall–Kier alpha value is -1.77. The summed E-state index contributed by atoms with van der Waals surface area (Å²) in [4.78, 5) is 27.6. The lowest BCUT2D eigenvalue weighted by atomic mass is 9.58. The highest BCUT2D eigenvalue weighted by Gasteiger charge is 2.56. The molecule has 0 bridgehead atoms. The maximum Gasteiger partial charge on any atom is 0.236 e. The minimum atomic E-state index is -0.284. The van der Waals surface area contributed by atoms with Gasteiger partial charge in [0.1, 0.15) is 0 Å². The van der Waals surface area contributed by atoms with Crippen molar-refractivity contribution in [3.63, 3.8) is 0 Å². The number of aliphatic hydroxyl groups is 1. The normalized spacial score (nSPS) is 28.2. The number of carbonyl (C=O) groups excluding carboxylic acids is 1. The van der Waals surface area contributed by atoms with E-state index in [2.05, 4.69) is 19.8 Å². The minimum Gasteiger partial charge on any atom is -0.392 e. The first-order valence-corrected chi connectivity index (χ1v) is 9.85. The fourth-order valence-corrected chi connectivity index (χ4v) is 4.74. The number of hydrogen-bond acceptors (Lipinski definition) is 7. The van der Waals surface area contributed by atoms with Crippen LogP contribution in [0.4, 0.5) is 5.95 Å². The van der Waals surface area contributed by atoms with E-state index in [4.69, 9.17) is 4.74 Å². The van der Waals surface area contributed by atoms with Crippen molar-refractivity contribution in [3.05, 3.63) is 18.5 Å². The van der Waals surface area contributed by atoms with Gasteiger partial charge < -0.3 is 19.6 Å². The van der Waals surface area contributed by atoms with Crippen LogP contribution in [0.2, 0.25) is 0 Å². The van der Waals surface area contributed by atoms with E-state index < -0.39 is 0 Å². The number of methoxy groups -OCH3 is 1. The summed E-state index contributed by atoms with van der Waals surface area (Å²) in [5, 5.41) is 10.2. The Balaban J connectivity index is 1.24. The van der Waals surface area contributed by atoms with E-state index in [-0.39, 0.29) is 23.5 Å². The summed E-state index contributed by atoms with van der Waals surface area (Å²) >= 11 is 0. The van der Waals surface area contributed by atoms with Gasteiger partial charge in [-0.3, -0.25) is 9.69 Å². The Morgan fingerprint density at radius 1 is 1.19 bits per heavy atom. The summed E-state index contributed by atoms with van der Waals surface area (Å²) in [7, 11) is 1.72. The van der Waals surface area contributed by atoms with Gasteiger partial charge in [-0.25, -0.2) is 9.97 Å². The number of aromatic nitrogens is 2. The molecule has 8 heteroatoms. The Bertz CT molecular complexity index is 642. The van der Waals surface area contributed by atoms with E-state index in [0.717, 1.165) is 51.4 Å². The standard InChI is InChI=1S/C19H29N5O3/c1-27-16-13-15(25)19(16)3-7-23(8-4-19)17(26)14-22-9-11-24(12-10-22)18-20-5-2-6-21-18/h2,5-6,15-16,25H,3-4,7-14H2,1H3/t15-,16+/m1/s1. The number of aliphatic hydroxyl groups excluding tert-OH is 1. The van der Waals surface area contributed by atoms with E-state index >= 15 is 0 Å². The summed E-state index contributed by atoms with van der Waals surface area (Å²) in [5.41, 5.74) is -0.132. The number of likely N-dealkylation sites (tertiary alicyclic amines) is 1. The van der Waals surface area contributed by atoms with Gasteiger partial charge >= 0.3 is 0 Å². The number of piperidine rings is 1. The third-order valence-corrected chi connectivity index (χ3v) is 6.64. The molecule has 1 aliphatic carbocycles. The predicted molar refractivity (Wildman–Crippen MR) is 100 cm³/mol. The topological polar surface area (TPSA) is 82.0 Å². The molecule has 3 aliphatic rings. The lowest BCUT2D eigenvalue weighted by Crippen LogP contribution is -2.63. The molecule has 27 heavy (non-hydrogen) atoms. The molecule has 1 aromatic rings. The van der Waals surface area contributed by atoms with Crippen LogP contribution in [-0.2, 0) is 9.53 Å². The highest BCUT2D eigenvalue weighted by Crippen LogP contribution is 2.50. The molecule has 1 amide bonds. The Labute approximate surface area is 160 Å². The van der Waals surface area contributed by atoms with Gasteiger partial charge in [-0.05, 0) is 18.9 Å². The second-order valence-electron chi connectivity index (χ2n) is 7.90. The number of carbonyl (C=O) groups is 1. The Morgan fingerprint density at radius 3 is 2.44 bits per heavy atom. The molecule has 0 radical (unpaired) electrons. The maximum absolute atomic E-state index is 12.7. The Morgan fingerprint density at radius 2 is 1.85 bits per heavy atom. The number of rotatable bonds is 4. The molecule has 0 aromatic carbocycles. The summed E-state index contributed by atoms with van der Waals surface area (Å²) in [6, 6.07) is 1.82. The van der Waals surface area contributed by atoms with E-state index in [9.17, 15) is 9.90 Å². The van der Waals surface area contributed by atoms with Crippen molar-refractivity contribution in [1.29, 1.82) is 0 Å². The van der Waals surface area contributed by atoms with Gasteiger partial charge in [-0.15, -0.1) is 0 Å². The SMILES string of the molecule is CO[C@H]1C[C@@H](O)C12CCN(C(=O)CN1CCN(c3ncccn3)CC1)CC2. The predicted octanol–water partition coefficient (Wildman–Crippen LogP) is -0.0130. The van der Waals surface area contributed by atoms with Crippen molar-refractivity contribution in [2.24, 2.45) is 5.41 Å². The van der Waals surface area contributed by atoms with Crippen LogP contribution in [0.15, 0.2) is 18.5 Å². The van der Waals surface area contributed by atoms with Crippen LogP contribution in [0.5, 0.6) is 0 Å². The fourth-order valence-electron chi connectivity index (χ4n) is 4.74. The van der Waals surface area contributed by atoms with E-state index in [1.54, 1.807) is 19.5 Å². The first kappa shape index (κ1) is 18.6. The molecule has 0 unspecified atom stereocenters. The largest absolute Gasteiger partial charge is 0.392 e. The molecule has 3 heterocycles. The molecule has 4 rings (SSSR count). The van der Waals surface area contributed by atoms with Gasteiger partial charge in [-0.1, -0.05) is 0 Å². The monoisotopic (exact) mass is 375 g/mol. The van der Waals surface area contributed by atoms with E-state index in [1.165, 1.54) is 0 Å². The molecule has 1 N–H and O–H groups in total. The zero-order valence-electron chi connectivity index (χ0n) is 16.0. The fraction of sp³-hybridized carbons (Fsp3) is 0.737. The van der Waals surface area contributed by atoms with Crippen LogP contribution < -0.4 is 4.90 Å². The molecule has 148 valence electrons. The van der Waals surface area contributed by atoms with Gasteiger partial charge in [0.2, 0.25) is 11.9 Å². The molecule has 1 aromatic heterocycles. The second-order valence-corrected chi connectivity index (χ2v) is 7.90. The highest BCUT2D eigenvalue weighted by molar-refractivity contribution is 5.78. The molecule has 8 nitrogen and oxygen atoms in total. The van der Waals surface area contributed by atoms with Gasteiger partial charge in [0.15, 0.2) is 0 Å². The van der Waals surface area contributed by atoms with Crippen molar-refractivity contribution in [1.82, 2.24) is 19.8 Å². The molecular formula is C19H29N5O3. The molecular weight excluding hydrogens is 346 g/mol. The molecule has 2 aliphatic heterocycles. The van der Waals surface area contributed by atoms with Crippen molar-refractivity contribution in [2.45, 2.75) is 31.5 Å². The third-order valence-electron chi connectivity index (χ3n) is 6.64. The van der Waals surface area contributed by atoms with Crippen LogP contribution in [0, 0.1) is 5.41 Å². The smallest absolute Gasteiger partial charge is 0.236 e. The number of hydrogen-bond donors (Lipinski definition) is 1. The summed E-state index contributed by atoms with van der Waals surface area (Å²) in [6.07, 6.45) is 5.75. The number of nitrogens with zero attached hydrogens (tertiary/aromatic N) is 5. The van der Waals surface area contributed by atoms with Crippen molar-refractivity contribution >= 4 is 11.9 Å². The van der Waals surface area contributed by atoms with Crippen LogP contribution >= 0.6 is 0 Å². The van der Waals surface area contributed by atoms with Crippen LogP contribution in [-0.4, -0.2) is 95.9 Å². The summed E-state index contributed by atoms with van der Waals surface area (Å²) in [5.74, 6) is 0.952. The van der Waals surface area contributed by atoms with E-state index in [0.29, 0.717) is 19.6 Å². The number of piperazine rings is 1. The lowest BCUT2D eigenvalue weighted by Gasteiger charge is -2.56. The average Bonchev–Trinajstić information content (AvgIpc) is 2.73. The van der Waals surface area contributed by atoms with E-state index in [1.807, 2.05) is 11.0 Å². The van der Waals surface area contributed by atoms with Gasteiger partial charge in [-0.2, -0.15) is 0 Å². The Kier molecular flexibility index (Phi) is 5.29. The molecule has 2 atom stereocenters. The van der Waals surface area contributed by atoms with Gasteiger partial charge in [0.05, 0.1) is 18.8 Å². The zero-order valence-corrected chi connectivity index (χ0v) is 16.0. The van der Waals surface area contributed by atoms with Gasteiger partial charge in [0, 0.05) is 70.6 Å². The minimum absolute atomic E-state index is 0.132. The first-order chi connectivity index (χ1) is 13.1. The molecule has 1 spiro atoms. The summed E-state index contributed by atoms with van der Waals surface area (Å²) < 4.78 is 5.53. The van der Waals surface area contributed by atoms with Crippen molar-refractivity contribution < 1.29 is 14.6 Å². The first-order valence-electron chi connectivity index (χ1n) is 9.85. The molecule has 1 saturated carbocycles. The van der Waals surface area contributed by atoms with Crippen LogP contribution in [0.3, 0.4) is 0 Å². The lowest BCUT2D eigenvalue weighted by molar-refractivity contribution is -0.202.